The van der Waals surface area contributed by atoms with Crippen molar-refractivity contribution in [2.24, 2.45) is 0 Å². The van der Waals surface area contributed by atoms with Crippen LogP contribution >= 0.6 is 0 Å². The molecule has 0 rings (SSSR count). The predicted molar refractivity (Wildman–Crippen MR) is 52.1 cm³/mol. The summed E-state index contributed by atoms with van der Waals surface area (Å²) >= 11 is 0. The van der Waals surface area contributed by atoms with Crippen LogP contribution in [-0.4, -0.2) is 0 Å². The molecule has 0 aromatic heterocycles. The van der Waals surface area contributed by atoms with Gasteiger partial charge in [-0.2, -0.15) is 0 Å². The van der Waals surface area contributed by atoms with E-state index in [1.165, 1.54) is 6.42 Å². The molecule has 0 amide bonds. The molecule has 0 fully saturated rings. The molecule has 0 aliphatic heterocycles. The van der Waals surface area contributed by atoms with Crippen LogP contribution in [0.25, 0.3) is 0 Å². The maximum atomic E-state index is 6.45. The van der Waals surface area contributed by atoms with Gasteiger partial charge in [0, 0.05) is 1.37 Å². The molecule has 0 saturated carbocycles. The van der Waals surface area contributed by atoms with E-state index in [4.69, 9.17) is 1.37 Å². The van der Waals surface area contributed by atoms with Crippen LogP contribution < -0.4 is 0 Å². The Labute approximate surface area is 65.1 Å². The zero-order valence-corrected chi connectivity index (χ0v) is 5.12. The highest BCUT2D eigenvalue weighted by Gasteiger charge is 1.36. The van der Waals surface area contributed by atoms with Crippen LogP contribution in [0, 0.1) is 0 Å². The van der Waals surface area contributed by atoms with E-state index in [0.717, 1.165) is 6.42 Å². The molecule has 0 aliphatic rings. The smallest absolute Gasteiger partial charge is 0.0230 e. The van der Waals surface area contributed by atoms with Gasteiger partial charge in [-0.05, 0) is 0 Å². The van der Waals surface area contributed by atoms with Crippen molar-refractivity contribution in [3.63, 3.8) is 0 Å². The van der Waals surface area contributed by atoms with E-state index in [0.29, 0.717) is 6.90 Å². The molecule has 0 heteroatoms. The van der Waals surface area contributed by atoms with Crippen molar-refractivity contribution >= 4 is 0 Å². The van der Waals surface area contributed by atoms with Crippen LogP contribution in [0.2, 0.25) is 0 Å². The molecule has 0 atom stereocenters. The molecule has 0 aromatic rings. The molecule has 0 heterocycles. The van der Waals surface area contributed by atoms with Gasteiger partial charge in [-0.25, -0.2) is 0 Å². The molecule has 9 heavy (non-hydrogen) atoms. The summed E-state index contributed by atoms with van der Waals surface area (Å²) in [5.41, 5.74) is 0. The van der Waals surface area contributed by atoms with E-state index in [2.05, 4.69) is 13.8 Å². The van der Waals surface area contributed by atoms with Crippen LogP contribution in [0.4, 0.5) is 0 Å². The Hall–Kier alpha value is 0. The summed E-state index contributed by atoms with van der Waals surface area (Å²) in [6.07, 6.45) is 2.24. The summed E-state index contributed by atoms with van der Waals surface area (Å²) in [4.78, 5) is 0. The largest absolute Gasteiger partial charge is 0.0776 e. The highest BCUT2D eigenvalue weighted by molar-refractivity contribution is 3.92. The van der Waals surface area contributed by atoms with E-state index in [9.17, 15) is 0 Å². The summed E-state index contributed by atoms with van der Waals surface area (Å²) in [5, 5.41) is 0. The molecule has 0 aromatic carbocycles. The highest BCUT2D eigenvalue weighted by atomic mass is 13.4. The quantitative estimate of drug-likeness (QED) is 0.452. The zero-order chi connectivity index (χ0) is 6.12. The van der Waals surface area contributed by atoms with Gasteiger partial charge in [-0.1, -0.05) is 62.8 Å². The Kier molecular flexibility index (Phi) is 251. The van der Waals surface area contributed by atoms with Crippen molar-refractivity contribution in [3.05, 3.63) is 0 Å². The monoisotopic (exact) mass is 137 g/mol. The molecule has 0 N–H and O–H groups in total. The van der Waals surface area contributed by atoms with Gasteiger partial charge in [0.25, 0.3) is 0 Å². The third-order valence-corrected chi connectivity index (χ3v) is 0. The van der Waals surface area contributed by atoms with Gasteiger partial charge < -0.3 is 0 Å². The molecular weight excluding hydrogens is 108 g/mol. The van der Waals surface area contributed by atoms with Gasteiger partial charge in [-0.15, -0.1) is 0 Å². The lowest BCUT2D eigenvalue weighted by Gasteiger charge is -1.48. The molecule has 0 saturated heterocycles. The Morgan fingerprint density at radius 3 is 1.00 bits per heavy atom. The first-order valence-corrected chi connectivity index (χ1v) is 2.62. The minimum absolute atomic E-state index is 0. The van der Waals surface area contributed by atoms with Crippen LogP contribution in [0.3, 0.4) is 0 Å². The Morgan fingerprint density at radius 1 is 0.889 bits per heavy atom. The average Bonchev–Trinajstić information content (AvgIpc) is 1.69. The maximum Gasteiger partial charge on any atom is 0.0230 e. The Balaban J connectivity index is -0.0000000131. The van der Waals surface area contributed by atoms with Crippen LogP contribution in [0.1, 0.15) is 64.2 Å². The molecule has 0 nitrogen and oxygen atoms in total. The molecule has 0 radical (unpaired) electrons. The van der Waals surface area contributed by atoms with E-state index >= 15 is 0 Å². The van der Waals surface area contributed by atoms with Gasteiger partial charge in [0.1, 0.15) is 0 Å². The van der Waals surface area contributed by atoms with Gasteiger partial charge in [0.2, 0.25) is 0 Å². The Morgan fingerprint density at radius 2 is 1.00 bits per heavy atom. The molecule has 0 aliphatic carbocycles. The van der Waals surface area contributed by atoms with Crippen molar-refractivity contribution in [2.45, 2.75) is 62.8 Å². The van der Waals surface area contributed by atoms with Gasteiger partial charge in [0.15, 0.2) is 0 Å². The van der Waals surface area contributed by atoms with Gasteiger partial charge in [0.05, 0.1) is 0 Å². The lowest BCUT2D eigenvalue weighted by molar-refractivity contribution is 1.09. The third-order valence-electron chi connectivity index (χ3n) is 0. The molecule has 0 unspecified atom stereocenters. The molecule has 0 bridgehead atoms. The Bertz CT molecular complexity index is 12.2. The first-order chi connectivity index (χ1) is 3.33. The van der Waals surface area contributed by atoms with Gasteiger partial charge in [-0.3, -0.25) is 0 Å². The fourth-order valence-electron chi connectivity index (χ4n) is 0. The second-order valence-corrected chi connectivity index (χ2v) is 1.21. The second kappa shape index (κ2) is 98.0. The number of rotatable bonds is 0. The van der Waals surface area contributed by atoms with Crippen molar-refractivity contribution in [1.82, 2.24) is 0 Å². The fourth-order valence-corrected chi connectivity index (χ4v) is 0. The minimum atomic E-state index is 0. The lowest BCUT2D eigenvalue weighted by atomic mass is 10.6. The van der Waals surface area contributed by atoms with E-state index in [1.54, 1.807) is 0 Å². The molecule has 64 valence electrons. The van der Waals surface area contributed by atoms with Crippen molar-refractivity contribution in [3.8, 4) is 0 Å². The van der Waals surface area contributed by atoms with E-state index in [-0.39, 0.29) is 22.3 Å². The van der Waals surface area contributed by atoms with Crippen molar-refractivity contribution < 1.29 is 1.37 Å². The predicted octanol–water partition coefficient (Wildman–Crippen LogP) is 4.74. The second-order valence-electron chi connectivity index (χ2n) is 1.21. The molecular formula is C9H28. The zero-order valence-electron chi connectivity index (χ0n) is 6.12. The summed E-state index contributed by atoms with van der Waals surface area (Å²) in [6, 6.07) is 0. The van der Waals surface area contributed by atoms with Crippen LogP contribution in [-0.2, 0) is 0 Å². The van der Waals surface area contributed by atoms with Crippen molar-refractivity contribution in [1.29, 1.82) is 0 Å². The third kappa shape index (κ3) is 0. The highest BCUT2D eigenvalue weighted by Crippen LogP contribution is 1.56. The SMILES string of the molecule is C.C.C.CCC.[2H]CCC. The number of hydrogen-bond donors (Lipinski definition) is 0. The topological polar surface area (TPSA) is 0 Å². The normalized spacial score (nSPS) is 5.44. The maximum absolute atomic E-state index is 6.45. The minimum Gasteiger partial charge on any atom is -0.0776 e. The first kappa shape index (κ1) is 23.0. The van der Waals surface area contributed by atoms with E-state index < -0.39 is 0 Å². The fraction of sp³-hybridized carbons (Fsp3) is 1.00. The lowest BCUT2D eigenvalue weighted by Crippen LogP contribution is -1.27. The van der Waals surface area contributed by atoms with Crippen LogP contribution in [0.15, 0.2) is 0 Å². The summed E-state index contributed by atoms with van der Waals surface area (Å²) < 4.78 is 6.45. The van der Waals surface area contributed by atoms with Crippen LogP contribution in [0.5, 0.6) is 0 Å². The van der Waals surface area contributed by atoms with Gasteiger partial charge >= 0.3 is 0 Å². The molecule has 0 spiro atoms. The number of hydrogen-bond acceptors (Lipinski definition) is 0. The average molecular weight is 137 g/mol. The summed E-state index contributed by atoms with van der Waals surface area (Å²) in [5.74, 6) is 0. The first-order valence-electron chi connectivity index (χ1n) is 3.33. The standard InChI is InChI=1S/2C3H8.3CH4/c2*1-3-2;;;/h2*3H2,1-2H3;3*1H4/i1D;;;;. The summed E-state index contributed by atoms with van der Waals surface area (Å²) in [7, 11) is 0. The van der Waals surface area contributed by atoms with E-state index in [1.807, 2.05) is 6.92 Å². The van der Waals surface area contributed by atoms with Crippen molar-refractivity contribution in [2.75, 3.05) is 0 Å². The summed E-state index contributed by atoms with van der Waals surface area (Å²) in [6.45, 7) is 6.81.